The number of benzene rings is 2. The van der Waals surface area contributed by atoms with Crippen LogP contribution in [0.1, 0.15) is 31.1 Å². The molecule has 0 saturated heterocycles. The monoisotopic (exact) mass is 453 g/mol. The van der Waals surface area contributed by atoms with Crippen molar-refractivity contribution in [2.24, 2.45) is 0 Å². The molecule has 0 aliphatic carbocycles. The zero-order chi connectivity index (χ0) is 23.4. The molecule has 0 aliphatic rings. The number of sulfonamides is 1. The van der Waals surface area contributed by atoms with Gasteiger partial charge in [-0.15, -0.1) is 0 Å². The lowest BCUT2D eigenvalue weighted by Gasteiger charge is -2.20. The van der Waals surface area contributed by atoms with Crippen molar-refractivity contribution in [2.45, 2.75) is 31.3 Å². The molecule has 11 heteroatoms. The van der Waals surface area contributed by atoms with Gasteiger partial charge >= 0.3 is 6.09 Å². The van der Waals surface area contributed by atoms with Crippen molar-refractivity contribution in [3.8, 4) is 5.75 Å². The van der Waals surface area contributed by atoms with Gasteiger partial charge in [0.1, 0.15) is 22.1 Å². The first-order valence-corrected chi connectivity index (χ1v) is 10.6. The van der Waals surface area contributed by atoms with E-state index in [1.54, 1.807) is 20.8 Å². The first-order chi connectivity index (χ1) is 14.4. The summed E-state index contributed by atoms with van der Waals surface area (Å²) >= 11 is 0. The van der Waals surface area contributed by atoms with E-state index in [4.69, 9.17) is 9.47 Å². The van der Waals surface area contributed by atoms with Crippen LogP contribution in [-0.2, 0) is 14.8 Å². The molecule has 0 heterocycles. The number of hydrogen-bond donors (Lipinski definition) is 3. The van der Waals surface area contributed by atoms with E-state index in [9.17, 15) is 22.4 Å². The quantitative estimate of drug-likeness (QED) is 0.617. The molecule has 0 spiro atoms. The van der Waals surface area contributed by atoms with Gasteiger partial charge in [-0.1, -0.05) is 0 Å². The molecule has 2 amide bonds. The Morgan fingerprint density at radius 2 is 1.68 bits per heavy atom. The molecule has 0 atom stereocenters. The molecular weight excluding hydrogens is 429 g/mol. The van der Waals surface area contributed by atoms with Crippen LogP contribution in [0.3, 0.4) is 0 Å². The third-order valence-corrected chi connectivity index (χ3v) is 5.29. The van der Waals surface area contributed by atoms with E-state index >= 15 is 0 Å². The van der Waals surface area contributed by atoms with Crippen molar-refractivity contribution < 1.29 is 31.9 Å². The van der Waals surface area contributed by atoms with Crippen LogP contribution in [0.2, 0.25) is 0 Å². The summed E-state index contributed by atoms with van der Waals surface area (Å²) in [6.07, 6.45) is -0.790. The van der Waals surface area contributed by atoms with Crippen LogP contribution in [0, 0.1) is 5.82 Å². The largest absolute Gasteiger partial charge is 0.495 e. The zero-order valence-corrected chi connectivity index (χ0v) is 18.5. The van der Waals surface area contributed by atoms with Gasteiger partial charge in [-0.05, 0) is 64.2 Å². The number of hydrogen-bond acceptors (Lipinski definition) is 6. The van der Waals surface area contributed by atoms with E-state index in [1.165, 1.54) is 32.4 Å². The first-order valence-electron chi connectivity index (χ1n) is 9.09. The molecular formula is C20H24FN3O6S. The van der Waals surface area contributed by atoms with Crippen molar-refractivity contribution in [1.29, 1.82) is 0 Å². The minimum atomic E-state index is -3.91. The number of halogens is 1. The molecule has 0 unspecified atom stereocenters. The number of amides is 2. The Morgan fingerprint density at radius 3 is 2.26 bits per heavy atom. The highest BCUT2D eigenvalue weighted by molar-refractivity contribution is 7.89. The number of carbonyl (C=O) groups is 2. The summed E-state index contributed by atoms with van der Waals surface area (Å²) in [6, 6.07) is 7.18. The van der Waals surface area contributed by atoms with Gasteiger partial charge in [0, 0.05) is 5.56 Å². The van der Waals surface area contributed by atoms with Crippen LogP contribution in [0.4, 0.5) is 20.6 Å². The molecule has 31 heavy (non-hydrogen) atoms. The summed E-state index contributed by atoms with van der Waals surface area (Å²) < 4.78 is 50.6. The summed E-state index contributed by atoms with van der Waals surface area (Å²) in [5, 5.41) is 4.91. The van der Waals surface area contributed by atoms with Gasteiger partial charge in [-0.2, -0.15) is 0 Å². The van der Waals surface area contributed by atoms with E-state index in [0.717, 1.165) is 18.2 Å². The second kappa shape index (κ2) is 9.31. The van der Waals surface area contributed by atoms with Gasteiger partial charge in [0.05, 0.1) is 18.5 Å². The van der Waals surface area contributed by atoms with Gasteiger partial charge in [-0.25, -0.2) is 22.3 Å². The molecule has 0 radical (unpaired) electrons. The molecule has 2 aromatic rings. The van der Waals surface area contributed by atoms with E-state index in [0.29, 0.717) is 0 Å². The highest BCUT2D eigenvalue weighted by Crippen LogP contribution is 2.27. The predicted molar refractivity (Wildman–Crippen MR) is 113 cm³/mol. The highest BCUT2D eigenvalue weighted by atomic mass is 32.2. The SMILES string of the molecule is CNS(=O)(=O)c1cc(C(=O)Nc2cc(F)ccc2NC(=O)OC(C)(C)C)ccc1OC. The lowest BCUT2D eigenvalue weighted by atomic mass is 10.2. The minimum Gasteiger partial charge on any atom is -0.495 e. The molecule has 0 aliphatic heterocycles. The molecule has 168 valence electrons. The maximum absolute atomic E-state index is 13.8. The number of anilines is 2. The second-order valence-electron chi connectivity index (χ2n) is 7.34. The number of nitrogens with one attached hydrogen (secondary N) is 3. The van der Waals surface area contributed by atoms with Crippen molar-refractivity contribution in [3.05, 3.63) is 47.8 Å². The van der Waals surface area contributed by atoms with Gasteiger partial charge in [0.2, 0.25) is 10.0 Å². The van der Waals surface area contributed by atoms with Crippen LogP contribution in [0.5, 0.6) is 5.75 Å². The smallest absolute Gasteiger partial charge is 0.412 e. The number of rotatable bonds is 6. The average Bonchev–Trinajstić information content (AvgIpc) is 2.68. The van der Waals surface area contributed by atoms with Gasteiger partial charge in [0.15, 0.2) is 0 Å². The Bertz CT molecular complexity index is 1100. The molecule has 2 aromatic carbocycles. The fraction of sp³-hybridized carbons (Fsp3) is 0.300. The predicted octanol–water partition coefficient (Wildman–Crippen LogP) is 3.34. The third kappa shape index (κ3) is 6.40. The van der Waals surface area contributed by atoms with Crippen LogP contribution >= 0.6 is 0 Å². The van der Waals surface area contributed by atoms with Crippen molar-refractivity contribution >= 4 is 33.4 Å². The van der Waals surface area contributed by atoms with E-state index in [1.807, 2.05) is 0 Å². The number of carbonyl (C=O) groups excluding carboxylic acids is 2. The fourth-order valence-corrected chi connectivity index (χ4v) is 3.39. The molecule has 0 fully saturated rings. The number of ether oxygens (including phenoxy) is 2. The Morgan fingerprint density at radius 1 is 1.00 bits per heavy atom. The van der Waals surface area contributed by atoms with Gasteiger partial charge in [-0.3, -0.25) is 10.1 Å². The maximum Gasteiger partial charge on any atom is 0.412 e. The van der Waals surface area contributed by atoms with Gasteiger partial charge < -0.3 is 14.8 Å². The summed E-state index contributed by atoms with van der Waals surface area (Å²) in [7, 11) is -1.38. The molecule has 0 aromatic heterocycles. The summed E-state index contributed by atoms with van der Waals surface area (Å²) in [5.41, 5.74) is -0.723. The topological polar surface area (TPSA) is 123 Å². The second-order valence-corrected chi connectivity index (χ2v) is 9.20. The zero-order valence-electron chi connectivity index (χ0n) is 17.7. The van der Waals surface area contributed by atoms with E-state index < -0.39 is 33.4 Å². The number of methoxy groups -OCH3 is 1. The van der Waals surface area contributed by atoms with Crippen LogP contribution < -0.4 is 20.1 Å². The fourth-order valence-electron chi connectivity index (χ4n) is 2.47. The molecule has 0 bridgehead atoms. The standard InChI is InChI=1S/C20H24FN3O6S/c1-20(2,3)30-19(26)24-14-8-7-13(21)11-15(14)23-18(25)12-6-9-16(29-5)17(10-12)31(27,28)22-4/h6-11,22H,1-5H3,(H,23,25)(H,24,26). The van der Waals surface area contributed by atoms with Crippen molar-refractivity contribution in [1.82, 2.24) is 4.72 Å². The molecule has 9 nitrogen and oxygen atoms in total. The normalized spacial score (nSPS) is 11.5. The minimum absolute atomic E-state index is 0.0258. The summed E-state index contributed by atoms with van der Waals surface area (Å²) in [5.74, 6) is -1.34. The summed E-state index contributed by atoms with van der Waals surface area (Å²) in [4.78, 5) is 24.5. The molecule has 3 N–H and O–H groups in total. The van der Waals surface area contributed by atoms with E-state index in [2.05, 4.69) is 15.4 Å². The highest BCUT2D eigenvalue weighted by Gasteiger charge is 2.22. The average molecular weight is 453 g/mol. The van der Waals surface area contributed by atoms with Crippen LogP contribution in [-0.4, -0.2) is 40.2 Å². The first kappa shape index (κ1) is 24.1. The van der Waals surface area contributed by atoms with Crippen molar-refractivity contribution in [2.75, 3.05) is 24.8 Å². The summed E-state index contributed by atoms with van der Waals surface area (Å²) in [6.45, 7) is 5.04. The Hall–Kier alpha value is -3.18. The third-order valence-electron chi connectivity index (χ3n) is 3.85. The Balaban J connectivity index is 2.35. The maximum atomic E-state index is 13.8. The Labute approximate surface area is 180 Å². The molecule has 0 saturated carbocycles. The Kier molecular flexibility index (Phi) is 7.24. The lowest BCUT2D eigenvalue weighted by Crippen LogP contribution is -2.27. The lowest BCUT2D eigenvalue weighted by molar-refractivity contribution is 0.0635. The van der Waals surface area contributed by atoms with E-state index in [-0.39, 0.29) is 27.6 Å². The van der Waals surface area contributed by atoms with Crippen LogP contribution in [0.15, 0.2) is 41.3 Å². The van der Waals surface area contributed by atoms with Crippen molar-refractivity contribution in [3.63, 3.8) is 0 Å². The molecule has 2 rings (SSSR count). The van der Waals surface area contributed by atoms with Crippen LogP contribution in [0.25, 0.3) is 0 Å². The van der Waals surface area contributed by atoms with Gasteiger partial charge in [0.25, 0.3) is 5.91 Å².